The van der Waals surface area contributed by atoms with Gasteiger partial charge in [-0.25, -0.2) is 4.98 Å². The predicted octanol–water partition coefficient (Wildman–Crippen LogP) is 0.823. The van der Waals surface area contributed by atoms with Crippen LogP contribution in [0.15, 0.2) is 18.2 Å². The van der Waals surface area contributed by atoms with Crippen molar-refractivity contribution in [2.45, 2.75) is 13.3 Å². The van der Waals surface area contributed by atoms with Crippen molar-refractivity contribution < 1.29 is 14.3 Å². The van der Waals surface area contributed by atoms with Crippen molar-refractivity contribution in [1.29, 1.82) is 0 Å². The number of hydrogen-bond donors (Lipinski definition) is 1. The zero-order valence-electron chi connectivity index (χ0n) is 11.8. The van der Waals surface area contributed by atoms with Gasteiger partial charge in [0.05, 0.1) is 12.5 Å². The molecule has 108 valence electrons. The van der Waals surface area contributed by atoms with E-state index in [1.54, 1.807) is 18.1 Å². The Labute approximate surface area is 118 Å². The number of carbonyl (C=O) groups excluding carboxylic acids is 2. The van der Waals surface area contributed by atoms with Crippen LogP contribution in [0.4, 0.5) is 5.82 Å². The number of anilines is 1. The monoisotopic (exact) mass is 277 g/mol. The van der Waals surface area contributed by atoms with E-state index in [1.807, 2.05) is 19.1 Å². The van der Waals surface area contributed by atoms with Crippen molar-refractivity contribution in [3.05, 3.63) is 23.9 Å². The molecule has 6 nitrogen and oxygen atoms in total. The molecule has 1 atom stereocenters. The average molecular weight is 277 g/mol. The molecule has 1 aromatic rings. The number of ether oxygens (including phenoxy) is 1. The maximum atomic E-state index is 12.1. The molecule has 1 saturated heterocycles. The average Bonchev–Trinajstić information content (AvgIpc) is 2.78. The summed E-state index contributed by atoms with van der Waals surface area (Å²) in [4.78, 5) is 29.8. The van der Waals surface area contributed by atoms with Crippen LogP contribution in [-0.4, -0.2) is 48.5 Å². The van der Waals surface area contributed by atoms with E-state index >= 15 is 0 Å². The highest BCUT2D eigenvalue weighted by Gasteiger charge is 2.34. The first kappa shape index (κ1) is 14.5. The van der Waals surface area contributed by atoms with E-state index < -0.39 is 0 Å². The Morgan fingerprint density at radius 3 is 3.05 bits per heavy atom. The zero-order valence-corrected chi connectivity index (χ0v) is 11.8. The van der Waals surface area contributed by atoms with Crippen LogP contribution in [0.3, 0.4) is 0 Å². The Morgan fingerprint density at radius 2 is 2.35 bits per heavy atom. The molecular formula is C14H19N3O3. The van der Waals surface area contributed by atoms with Gasteiger partial charge in [0.2, 0.25) is 11.8 Å². The van der Waals surface area contributed by atoms with Crippen LogP contribution < -0.4 is 5.32 Å². The van der Waals surface area contributed by atoms with Gasteiger partial charge in [-0.2, -0.15) is 0 Å². The SMILES string of the molecule is COCCN1CC(C(=O)Nc2cccc(C)n2)CC1=O. The quantitative estimate of drug-likeness (QED) is 0.865. The zero-order chi connectivity index (χ0) is 14.5. The minimum absolute atomic E-state index is 0.000554. The van der Waals surface area contributed by atoms with Crippen molar-refractivity contribution in [1.82, 2.24) is 9.88 Å². The molecule has 1 unspecified atom stereocenters. The molecule has 6 heteroatoms. The van der Waals surface area contributed by atoms with Crippen LogP contribution in [0.25, 0.3) is 0 Å². The van der Waals surface area contributed by atoms with Crippen LogP contribution in [-0.2, 0) is 14.3 Å². The van der Waals surface area contributed by atoms with Gasteiger partial charge in [-0.15, -0.1) is 0 Å². The van der Waals surface area contributed by atoms with Crippen molar-refractivity contribution >= 4 is 17.6 Å². The Morgan fingerprint density at radius 1 is 1.55 bits per heavy atom. The third-order valence-electron chi connectivity index (χ3n) is 3.29. The molecule has 1 aromatic heterocycles. The van der Waals surface area contributed by atoms with Gasteiger partial charge in [-0.1, -0.05) is 6.07 Å². The summed E-state index contributed by atoms with van der Waals surface area (Å²) < 4.78 is 4.95. The molecule has 20 heavy (non-hydrogen) atoms. The first-order valence-corrected chi connectivity index (χ1v) is 6.61. The number of aromatic nitrogens is 1. The lowest BCUT2D eigenvalue weighted by Crippen LogP contribution is -2.30. The molecule has 0 spiro atoms. The number of likely N-dealkylation sites (tertiary alicyclic amines) is 1. The number of amides is 2. The number of carbonyl (C=O) groups is 2. The maximum Gasteiger partial charge on any atom is 0.230 e. The summed E-state index contributed by atoms with van der Waals surface area (Å²) in [5.74, 6) is 0.0511. The lowest BCUT2D eigenvalue weighted by molar-refractivity contribution is -0.128. The lowest BCUT2D eigenvalue weighted by Gasteiger charge is -2.15. The summed E-state index contributed by atoms with van der Waals surface area (Å²) in [6.07, 6.45) is 0.251. The van der Waals surface area contributed by atoms with E-state index in [1.165, 1.54) is 0 Å². The van der Waals surface area contributed by atoms with Gasteiger partial charge in [0.25, 0.3) is 0 Å². The fourth-order valence-corrected chi connectivity index (χ4v) is 2.21. The van der Waals surface area contributed by atoms with E-state index in [0.29, 0.717) is 25.5 Å². The Balaban J connectivity index is 1.92. The maximum absolute atomic E-state index is 12.1. The molecule has 2 heterocycles. The van der Waals surface area contributed by atoms with Crippen molar-refractivity contribution in [2.24, 2.45) is 5.92 Å². The summed E-state index contributed by atoms with van der Waals surface area (Å²) in [7, 11) is 1.59. The van der Waals surface area contributed by atoms with Gasteiger partial charge in [0, 0.05) is 32.3 Å². The van der Waals surface area contributed by atoms with Crippen LogP contribution >= 0.6 is 0 Å². The van der Waals surface area contributed by atoms with E-state index in [-0.39, 0.29) is 24.2 Å². The van der Waals surface area contributed by atoms with E-state index in [2.05, 4.69) is 10.3 Å². The normalized spacial score (nSPS) is 18.4. The molecule has 1 fully saturated rings. The van der Waals surface area contributed by atoms with E-state index in [9.17, 15) is 9.59 Å². The molecule has 2 amide bonds. The number of methoxy groups -OCH3 is 1. The number of hydrogen-bond acceptors (Lipinski definition) is 4. The second kappa shape index (κ2) is 6.47. The number of aryl methyl sites for hydroxylation is 1. The summed E-state index contributed by atoms with van der Waals surface area (Å²) in [5.41, 5.74) is 0.840. The third kappa shape index (κ3) is 3.54. The molecule has 1 aliphatic rings. The Kier molecular flexibility index (Phi) is 4.68. The minimum Gasteiger partial charge on any atom is -0.383 e. The summed E-state index contributed by atoms with van der Waals surface area (Å²) in [5, 5.41) is 2.76. The predicted molar refractivity (Wildman–Crippen MR) is 74.2 cm³/mol. The number of rotatable bonds is 5. The minimum atomic E-state index is -0.318. The van der Waals surface area contributed by atoms with Gasteiger partial charge in [0.15, 0.2) is 0 Å². The summed E-state index contributed by atoms with van der Waals surface area (Å²) >= 11 is 0. The van der Waals surface area contributed by atoms with E-state index in [0.717, 1.165) is 5.69 Å². The third-order valence-corrected chi connectivity index (χ3v) is 3.29. The second-order valence-corrected chi connectivity index (χ2v) is 4.89. The fourth-order valence-electron chi connectivity index (χ4n) is 2.21. The van der Waals surface area contributed by atoms with Gasteiger partial charge in [-0.3, -0.25) is 9.59 Å². The van der Waals surface area contributed by atoms with Crippen LogP contribution in [0.2, 0.25) is 0 Å². The number of pyridine rings is 1. The molecule has 0 aromatic carbocycles. The largest absolute Gasteiger partial charge is 0.383 e. The lowest BCUT2D eigenvalue weighted by atomic mass is 10.1. The molecule has 0 radical (unpaired) electrons. The van der Waals surface area contributed by atoms with Crippen LogP contribution in [0, 0.1) is 12.8 Å². The van der Waals surface area contributed by atoms with Gasteiger partial charge >= 0.3 is 0 Å². The van der Waals surface area contributed by atoms with Crippen molar-refractivity contribution in [3.8, 4) is 0 Å². The van der Waals surface area contributed by atoms with Crippen LogP contribution in [0.1, 0.15) is 12.1 Å². The van der Waals surface area contributed by atoms with Gasteiger partial charge in [0.1, 0.15) is 5.82 Å². The highest BCUT2D eigenvalue weighted by atomic mass is 16.5. The van der Waals surface area contributed by atoms with Gasteiger partial charge in [-0.05, 0) is 19.1 Å². The molecule has 0 bridgehead atoms. The Bertz CT molecular complexity index is 504. The van der Waals surface area contributed by atoms with E-state index in [4.69, 9.17) is 4.74 Å². The Hall–Kier alpha value is -1.95. The molecule has 2 rings (SSSR count). The molecule has 0 aliphatic carbocycles. The van der Waals surface area contributed by atoms with Crippen molar-refractivity contribution in [3.63, 3.8) is 0 Å². The number of nitrogens with zero attached hydrogens (tertiary/aromatic N) is 2. The second-order valence-electron chi connectivity index (χ2n) is 4.89. The fraction of sp³-hybridized carbons (Fsp3) is 0.500. The van der Waals surface area contributed by atoms with Crippen LogP contribution in [0.5, 0.6) is 0 Å². The highest BCUT2D eigenvalue weighted by Crippen LogP contribution is 2.19. The molecule has 1 aliphatic heterocycles. The summed E-state index contributed by atoms with van der Waals surface area (Å²) in [6.45, 7) is 3.32. The van der Waals surface area contributed by atoms with Gasteiger partial charge < -0.3 is 15.0 Å². The van der Waals surface area contributed by atoms with Crippen molar-refractivity contribution in [2.75, 3.05) is 32.1 Å². The topological polar surface area (TPSA) is 71.5 Å². The summed E-state index contributed by atoms with van der Waals surface area (Å²) in [6, 6.07) is 5.44. The molecular weight excluding hydrogens is 258 g/mol. The standard InChI is InChI=1S/C14H19N3O3/c1-10-4-3-5-12(15-10)16-14(19)11-8-13(18)17(9-11)6-7-20-2/h3-5,11H,6-9H2,1-2H3,(H,15,16,19). The highest BCUT2D eigenvalue weighted by molar-refractivity contribution is 5.96. The first-order valence-electron chi connectivity index (χ1n) is 6.61. The molecule has 1 N–H and O–H groups in total. The number of nitrogens with one attached hydrogen (secondary N) is 1. The smallest absolute Gasteiger partial charge is 0.230 e. The first-order chi connectivity index (χ1) is 9.60. The molecule has 0 saturated carbocycles.